The van der Waals surface area contributed by atoms with Crippen molar-refractivity contribution in [2.45, 2.75) is 61.9 Å². The first-order valence-electron chi connectivity index (χ1n) is 12.5. The van der Waals surface area contributed by atoms with Crippen LogP contribution in [0.5, 0.6) is 0 Å². The number of piperidine rings is 2. The van der Waals surface area contributed by atoms with Crippen LogP contribution in [0.3, 0.4) is 0 Å². The minimum absolute atomic E-state index is 0.101. The highest BCUT2D eigenvalue weighted by molar-refractivity contribution is 8.00. The van der Waals surface area contributed by atoms with Crippen LogP contribution in [0.4, 0.5) is 24.5 Å². The molecule has 0 spiro atoms. The third-order valence-corrected chi connectivity index (χ3v) is 7.83. The van der Waals surface area contributed by atoms with Gasteiger partial charge >= 0.3 is 5.51 Å². The highest BCUT2D eigenvalue weighted by Crippen LogP contribution is 2.37. The van der Waals surface area contributed by atoms with E-state index in [1.807, 2.05) is 4.90 Å². The van der Waals surface area contributed by atoms with Gasteiger partial charge in [-0.3, -0.25) is 4.79 Å². The molecule has 2 aromatic carbocycles. The van der Waals surface area contributed by atoms with Crippen LogP contribution in [0.2, 0.25) is 0 Å². The average molecular weight is 506 g/mol. The van der Waals surface area contributed by atoms with Crippen molar-refractivity contribution in [3.05, 3.63) is 54.1 Å². The predicted octanol–water partition coefficient (Wildman–Crippen LogP) is 6.71. The van der Waals surface area contributed by atoms with Gasteiger partial charge in [-0.2, -0.15) is 13.2 Å². The number of rotatable bonds is 7. The topological polar surface area (TPSA) is 35.6 Å². The van der Waals surface area contributed by atoms with Crippen LogP contribution in [0.15, 0.2) is 53.4 Å². The summed E-state index contributed by atoms with van der Waals surface area (Å²) in [5.74, 6) is 0.858. The first-order valence-corrected chi connectivity index (χ1v) is 13.3. The van der Waals surface area contributed by atoms with Crippen molar-refractivity contribution in [2.24, 2.45) is 5.92 Å². The number of aryl methyl sites for hydroxylation is 1. The SMILES string of the molecule is Cc1ccc(N2CCC(CCC(=O)N3CCC(Nc4ccc(SC(F)(F)F)cc4)CC3)CC2)cc1. The van der Waals surface area contributed by atoms with E-state index in [2.05, 4.69) is 41.4 Å². The van der Waals surface area contributed by atoms with Gasteiger partial charge in [-0.1, -0.05) is 17.7 Å². The van der Waals surface area contributed by atoms with Crippen molar-refractivity contribution >= 4 is 29.0 Å². The molecule has 4 nitrogen and oxygen atoms in total. The molecular formula is C27H34F3N3OS. The summed E-state index contributed by atoms with van der Waals surface area (Å²) in [6.07, 6.45) is 5.53. The van der Waals surface area contributed by atoms with E-state index in [1.54, 1.807) is 12.1 Å². The number of halogens is 3. The first kappa shape index (κ1) is 25.7. The van der Waals surface area contributed by atoms with Gasteiger partial charge in [0.2, 0.25) is 5.91 Å². The Morgan fingerprint density at radius 3 is 2.17 bits per heavy atom. The van der Waals surface area contributed by atoms with E-state index < -0.39 is 5.51 Å². The molecule has 2 fully saturated rings. The van der Waals surface area contributed by atoms with Crippen molar-refractivity contribution < 1.29 is 18.0 Å². The van der Waals surface area contributed by atoms with Crippen LogP contribution >= 0.6 is 11.8 Å². The van der Waals surface area contributed by atoms with E-state index in [0.717, 1.165) is 64.0 Å². The molecule has 0 aliphatic carbocycles. The van der Waals surface area contributed by atoms with Crippen molar-refractivity contribution in [3.8, 4) is 0 Å². The van der Waals surface area contributed by atoms with Gasteiger partial charge in [-0.25, -0.2) is 0 Å². The zero-order chi connectivity index (χ0) is 24.8. The van der Waals surface area contributed by atoms with Crippen LogP contribution < -0.4 is 10.2 Å². The summed E-state index contributed by atoms with van der Waals surface area (Å²) in [5, 5.41) is 3.40. The third-order valence-electron chi connectivity index (χ3n) is 7.09. The standard InChI is InChI=1S/C27H34F3N3OS/c1-20-2-7-24(8-3-20)32-16-12-21(13-17-32)4-11-26(34)33-18-14-23(15-19-33)31-22-5-9-25(10-6-22)35-27(28,29)30/h2-3,5-10,21,23,31H,4,11-19H2,1H3. The lowest BCUT2D eigenvalue weighted by Gasteiger charge is -2.35. The number of carbonyl (C=O) groups is 1. The zero-order valence-corrected chi connectivity index (χ0v) is 21.0. The summed E-state index contributed by atoms with van der Waals surface area (Å²) >= 11 is -0.101. The van der Waals surface area contributed by atoms with Gasteiger partial charge in [0, 0.05) is 54.9 Å². The lowest BCUT2D eigenvalue weighted by molar-refractivity contribution is -0.132. The molecule has 2 aliphatic rings. The molecule has 2 heterocycles. The highest BCUT2D eigenvalue weighted by atomic mass is 32.2. The Morgan fingerprint density at radius 1 is 0.943 bits per heavy atom. The second kappa shape index (κ2) is 11.6. The molecule has 0 radical (unpaired) electrons. The third kappa shape index (κ3) is 7.82. The van der Waals surface area contributed by atoms with Gasteiger partial charge < -0.3 is 15.1 Å². The summed E-state index contributed by atoms with van der Waals surface area (Å²) in [5.41, 5.74) is -0.886. The summed E-state index contributed by atoms with van der Waals surface area (Å²) in [4.78, 5) is 17.4. The summed E-state index contributed by atoms with van der Waals surface area (Å²) in [6, 6.07) is 15.3. The predicted molar refractivity (Wildman–Crippen MR) is 137 cm³/mol. The molecule has 1 N–H and O–H groups in total. The molecule has 0 aromatic heterocycles. The molecule has 35 heavy (non-hydrogen) atoms. The van der Waals surface area contributed by atoms with Gasteiger partial charge in [0.05, 0.1) is 0 Å². The van der Waals surface area contributed by atoms with E-state index in [9.17, 15) is 18.0 Å². The maximum atomic E-state index is 12.8. The molecule has 0 unspecified atom stereocenters. The number of likely N-dealkylation sites (tertiary alicyclic amines) is 1. The lowest BCUT2D eigenvalue weighted by Crippen LogP contribution is -2.42. The molecule has 0 bridgehead atoms. The largest absolute Gasteiger partial charge is 0.446 e. The number of thioether (sulfide) groups is 1. The van der Waals surface area contributed by atoms with Crippen molar-refractivity contribution in [1.29, 1.82) is 0 Å². The van der Waals surface area contributed by atoms with E-state index in [1.165, 1.54) is 23.4 Å². The Labute approximate surface area is 210 Å². The van der Waals surface area contributed by atoms with E-state index in [0.29, 0.717) is 12.3 Å². The molecule has 0 saturated carbocycles. The minimum atomic E-state index is -4.27. The number of nitrogens with one attached hydrogen (secondary N) is 1. The minimum Gasteiger partial charge on any atom is -0.382 e. The summed E-state index contributed by atoms with van der Waals surface area (Å²) in [7, 11) is 0. The van der Waals surface area contributed by atoms with E-state index >= 15 is 0 Å². The number of carbonyl (C=O) groups excluding carboxylic acids is 1. The monoisotopic (exact) mass is 505 g/mol. The van der Waals surface area contributed by atoms with E-state index in [-0.39, 0.29) is 28.6 Å². The number of amides is 1. The fraction of sp³-hybridized carbons (Fsp3) is 0.519. The lowest BCUT2D eigenvalue weighted by atomic mass is 9.91. The maximum Gasteiger partial charge on any atom is 0.446 e. The van der Waals surface area contributed by atoms with Gasteiger partial charge in [-0.05, 0) is 93.1 Å². The molecule has 1 amide bonds. The number of hydrogen-bond donors (Lipinski definition) is 1. The van der Waals surface area contributed by atoms with Crippen LogP contribution in [0.25, 0.3) is 0 Å². The molecule has 190 valence electrons. The Hall–Kier alpha value is -2.35. The first-order chi connectivity index (χ1) is 16.7. The smallest absolute Gasteiger partial charge is 0.382 e. The Balaban J connectivity index is 1.14. The van der Waals surface area contributed by atoms with Crippen LogP contribution in [-0.2, 0) is 4.79 Å². The summed E-state index contributed by atoms with van der Waals surface area (Å²) < 4.78 is 37.4. The van der Waals surface area contributed by atoms with Crippen LogP contribution in [-0.4, -0.2) is 48.5 Å². The second-order valence-corrected chi connectivity index (χ2v) is 10.8. The van der Waals surface area contributed by atoms with Gasteiger partial charge in [-0.15, -0.1) is 0 Å². The molecule has 2 aliphatic heterocycles. The number of nitrogens with zero attached hydrogens (tertiary/aromatic N) is 2. The van der Waals surface area contributed by atoms with Crippen LogP contribution in [0.1, 0.15) is 44.1 Å². The number of hydrogen-bond acceptors (Lipinski definition) is 4. The van der Waals surface area contributed by atoms with Gasteiger partial charge in [0.1, 0.15) is 0 Å². The van der Waals surface area contributed by atoms with Crippen LogP contribution in [0, 0.1) is 12.8 Å². The average Bonchev–Trinajstić information content (AvgIpc) is 2.84. The van der Waals surface area contributed by atoms with Crippen molar-refractivity contribution in [3.63, 3.8) is 0 Å². The highest BCUT2D eigenvalue weighted by Gasteiger charge is 2.29. The number of alkyl halides is 3. The Kier molecular flexibility index (Phi) is 8.52. The van der Waals surface area contributed by atoms with E-state index in [4.69, 9.17) is 0 Å². The number of anilines is 2. The zero-order valence-electron chi connectivity index (χ0n) is 20.2. The molecular weight excluding hydrogens is 471 g/mol. The quantitative estimate of drug-likeness (QED) is 0.425. The molecule has 8 heteroatoms. The Morgan fingerprint density at radius 2 is 1.57 bits per heavy atom. The van der Waals surface area contributed by atoms with Crippen molar-refractivity contribution in [1.82, 2.24) is 4.90 Å². The molecule has 0 atom stereocenters. The fourth-order valence-electron chi connectivity index (χ4n) is 4.98. The van der Waals surface area contributed by atoms with Crippen molar-refractivity contribution in [2.75, 3.05) is 36.4 Å². The Bertz CT molecular complexity index is 949. The summed E-state index contributed by atoms with van der Waals surface area (Å²) in [6.45, 7) is 5.66. The second-order valence-electron chi connectivity index (χ2n) is 9.68. The normalized spacial score (nSPS) is 18.1. The fourth-order valence-corrected chi connectivity index (χ4v) is 5.52. The molecule has 2 aromatic rings. The molecule has 4 rings (SSSR count). The molecule has 2 saturated heterocycles. The van der Waals surface area contributed by atoms with Gasteiger partial charge in [0.15, 0.2) is 0 Å². The van der Waals surface area contributed by atoms with Gasteiger partial charge in [0.25, 0.3) is 0 Å². The number of benzene rings is 2. The maximum absolute atomic E-state index is 12.8.